The van der Waals surface area contributed by atoms with Gasteiger partial charge in [-0.3, -0.25) is 0 Å². The normalized spacial score (nSPS) is 18.2. The Morgan fingerprint density at radius 1 is 1.05 bits per heavy atom. The monoisotopic (exact) mass is 630 g/mol. The zero-order valence-electron chi connectivity index (χ0n) is 24.4. The first-order valence-electron chi connectivity index (χ1n) is 14.0. The number of methoxy groups -OCH3 is 1. The van der Waals surface area contributed by atoms with Gasteiger partial charge in [-0.25, -0.2) is 9.97 Å². The van der Waals surface area contributed by atoms with Crippen molar-refractivity contribution in [3.8, 4) is 17.0 Å². The highest BCUT2D eigenvalue weighted by Gasteiger charge is 2.35. The Morgan fingerprint density at radius 3 is 2.44 bits per heavy atom. The predicted molar refractivity (Wildman–Crippen MR) is 170 cm³/mol. The molecule has 2 aromatic carbocycles. The maximum Gasteiger partial charge on any atom is 0.418 e. The molecule has 0 radical (unpaired) electrons. The van der Waals surface area contributed by atoms with Crippen molar-refractivity contribution in [1.82, 2.24) is 19.9 Å². The molecule has 7 nitrogen and oxygen atoms in total. The molecular weight excluding hydrogens is 597 g/mol. The van der Waals surface area contributed by atoms with Crippen molar-refractivity contribution in [2.24, 2.45) is 0 Å². The smallest absolute Gasteiger partial charge is 0.418 e. The predicted octanol–water partition coefficient (Wildman–Crippen LogP) is 8.13. The van der Waals surface area contributed by atoms with E-state index in [1.807, 2.05) is 36.6 Å². The number of nitrogens with zero attached hydrogens (tertiary/aromatic N) is 4. The maximum absolute atomic E-state index is 14.4. The number of aromatic nitrogens is 3. The van der Waals surface area contributed by atoms with Crippen LogP contribution in [0.15, 0.2) is 59.6 Å². The molecule has 0 amide bonds. The Bertz CT molecular complexity index is 1640. The van der Waals surface area contributed by atoms with E-state index < -0.39 is 22.4 Å². The van der Waals surface area contributed by atoms with E-state index >= 15 is 0 Å². The minimum atomic E-state index is -4.63. The Kier molecular flexibility index (Phi) is 9.43. The van der Waals surface area contributed by atoms with Crippen molar-refractivity contribution in [2.75, 3.05) is 31.2 Å². The maximum atomic E-state index is 14.4. The highest BCUT2D eigenvalue weighted by molar-refractivity contribution is 8.16. The standard InChI is InChI=1S/C31H34ClF3N6OS/c1-5-43(26-9-7-6-8-25(26)32)40-27-15-14-23(29(38-27)42-4)19-16-20-18-36-30(39-28(20)24(17-19)31(33,34)35)37-21-10-12-22(13-11-21)41(2)3/h5-9,14-18,21-22H,10-13H2,1-4H3,(H,38,40)(H,36,37,39). The van der Waals surface area contributed by atoms with E-state index in [1.54, 1.807) is 18.2 Å². The molecule has 2 heterocycles. The number of halogens is 4. The molecular formula is C31H34ClF3N6OS. The van der Waals surface area contributed by atoms with Gasteiger partial charge in [0.1, 0.15) is 5.82 Å². The largest absolute Gasteiger partial charge is 0.480 e. The number of alkyl halides is 3. The van der Waals surface area contributed by atoms with E-state index in [0.29, 0.717) is 28.0 Å². The van der Waals surface area contributed by atoms with Gasteiger partial charge in [-0.05, 0) is 94.0 Å². The molecule has 2 aromatic heterocycles. The highest BCUT2D eigenvalue weighted by Crippen LogP contribution is 2.40. The number of anilines is 2. The molecule has 228 valence electrons. The lowest BCUT2D eigenvalue weighted by Gasteiger charge is -2.33. The van der Waals surface area contributed by atoms with Crippen LogP contribution in [0, 0.1) is 0 Å². The van der Waals surface area contributed by atoms with Gasteiger partial charge in [-0.15, -0.1) is 0 Å². The molecule has 2 N–H and O–H groups in total. The minimum absolute atomic E-state index is 0.119. The Balaban J connectivity index is 1.45. The summed E-state index contributed by atoms with van der Waals surface area (Å²) in [6, 6.07) is 14.3. The number of pyridine rings is 1. The fourth-order valence-electron chi connectivity index (χ4n) is 5.36. The van der Waals surface area contributed by atoms with E-state index in [0.717, 1.165) is 36.6 Å². The van der Waals surface area contributed by atoms with E-state index in [4.69, 9.17) is 16.3 Å². The lowest BCUT2D eigenvalue weighted by atomic mass is 9.90. The zero-order valence-corrected chi connectivity index (χ0v) is 25.9. The summed E-state index contributed by atoms with van der Waals surface area (Å²) in [5, 5.41) is 6.13. The Morgan fingerprint density at radius 2 is 1.79 bits per heavy atom. The molecule has 1 aliphatic rings. The van der Waals surface area contributed by atoms with Crippen LogP contribution in [0.1, 0.15) is 38.2 Å². The molecule has 1 atom stereocenters. The summed E-state index contributed by atoms with van der Waals surface area (Å²) >= 11 is 6.40. The van der Waals surface area contributed by atoms with Gasteiger partial charge in [0, 0.05) is 34.1 Å². The van der Waals surface area contributed by atoms with Crippen molar-refractivity contribution in [3.05, 3.63) is 65.3 Å². The third kappa shape index (κ3) is 7.05. The fourth-order valence-corrected chi connectivity index (χ4v) is 7.06. The molecule has 0 spiro atoms. The molecule has 1 fully saturated rings. The summed E-state index contributed by atoms with van der Waals surface area (Å²) in [5.41, 5.74) is -0.275. The summed E-state index contributed by atoms with van der Waals surface area (Å²) in [5.74, 6) is 0.886. The fraction of sp³-hybridized carbons (Fsp3) is 0.355. The van der Waals surface area contributed by atoms with Crippen molar-refractivity contribution >= 4 is 50.3 Å². The van der Waals surface area contributed by atoms with Crippen LogP contribution >= 0.6 is 22.3 Å². The van der Waals surface area contributed by atoms with Gasteiger partial charge >= 0.3 is 6.18 Å². The first-order chi connectivity index (χ1) is 20.6. The highest BCUT2D eigenvalue weighted by atomic mass is 35.5. The van der Waals surface area contributed by atoms with Crippen LogP contribution in [0.2, 0.25) is 5.02 Å². The zero-order chi connectivity index (χ0) is 30.7. The Hall–Kier alpha value is -3.41. The molecule has 0 saturated heterocycles. The van der Waals surface area contributed by atoms with Gasteiger partial charge in [0.2, 0.25) is 11.8 Å². The first kappa shape index (κ1) is 31.0. The third-order valence-corrected chi connectivity index (χ3v) is 9.81. The topological polar surface area (TPSA) is 75.2 Å². The summed E-state index contributed by atoms with van der Waals surface area (Å²) in [6.45, 7) is 1.91. The van der Waals surface area contributed by atoms with Crippen LogP contribution in [-0.2, 0) is 6.18 Å². The van der Waals surface area contributed by atoms with Crippen LogP contribution in [0.5, 0.6) is 5.88 Å². The van der Waals surface area contributed by atoms with Crippen LogP contribution < -0.4 is 14.8 Å². The van der Waals surface area contributed by atoms with E-state index in [1.165, 1.54) is 13.3 Å². The number of hydrogen-bond donors (Lipinski definition) is 2. The van der Waals surface area contributed by atoms with Gasteiger partial charge in [0.05, 0.1) is 23.2 Å². The van der Waals surface area contributed by atoms with Crippen LogP contribution in [0.25, 0.3) is 22.0 Å². The molecule has 5 rings (SSSR count). The van der Waals surface area contributed by atoms with Crippen molar-refractivity contribution in [2.45, 2.75) is 55.8 Å². The number of benzene rings is 2. The molecule has 1 saturated carbocycles. The van der Waals surface area contributed by atoms with E-state index in [9.17, 15) is 13.2 Å². The average molecular weight is 631 g/mol. The second kappa shape index (κ2) is 13.1. The van der Waals surface area contributed by atoms with E-state index in [-0.39, 0.29) is 28.8 Å². The number of hydrogen-bond acceptors (Lipinski definition) is 7. The van der Waals surface area contributed by atoms with Crippen molar-refractivity contribution in [1.29, 1.82) is 0 Å². The number of ether oxygens (including phenoxy) is 1. The molecule has 4 aromatic rings. The minimum Gasteiger partial charge on any atom is -0.480 e. The number of fused-ring (bicyclic) bond motifs is 1. The second-order valence-corrected chi connectivity index (χ2v) is 12.8. The van der Waals surface area contributed by atoms with E-state index in [2.05, 4.69) is 44.0 Å². The molecule has 1 unspecified atom stereocenters. The van der Waals surface area contributed by atoms with Crippen LogP contribution in [0.3, 0.4) is 0 Å². The summed E-state index contributed by atoms with van der Waals surface area (Å²) in [6.07, 6.45) is 0.643. The van der Waals surface area contributed by atoms with Gasteiger partial charge in [0.15, 0.2) is 0 Å². The molecule has 0 aliphatic heterocycles. The Labute approximate surface area is 256 Å². The molecule has 12 heteroatoms. The molecule has 0 bridgehead atoms. The van der Waals surface area contributed by atoms with Gasteiger partial charge < -0.3 is 19.7 Å². The first-order valence-corrected chi connectivity index (χ1v) is 15.6. The SMILES string of the molecule is C/C=S(/Nc1ccc(-c2cc(C(F)(F)F)c3nc(NC4CCC(N(C)C)CC4)ncc3c2)c(OC)n1)c1ccccc1Cl. The lowest BCUT2D eigenvalue weighted by molar-refractivity contribution is -0.136. The van der Waals surface area contributed by atoms with Crippen LogP contribution in [0.4, 0.5) is 24.9 Å². The third-order valence-electron chi connectivity index (χ3n) is 7.64. The van der Waals surface area contributed by atoms with Crippen molar-refractivity contribution < 1.29 is 17.9 Å². The number of rotatable bonds is 8. The summed E-state index contributed by atoms with van der Waals surface area (Å²) in [7, 11) is 5.01. The lowest BCUT2D eigenvalue weighted by Crippen LogP contribution is -2.36. The van der Waals surface area contributed by atoms with Gasteiger partial charge in [-0.1, -0.05) is 34.4 Å². The summed E-state index contributed by atoms with van der Waals surface area (Å²) in [4.78, 5) is 16.4. The second-order valence-electron chi connectivity index (χ2n) is 10.6. The van der Waals surface area contributed by atoms with Crippen molar-refractivity contribution in [3.63, 3.8) is 0 Å². The molecule has 43 heavy (non-hydrogen) atoms. The number of nitrogens with one attached hydrogen (secondary N) is 2. The summed E-state index contributed by atoms with van der Waals surface area (Å²) < 4.78 is 52.0. The quantitative estimate of drug-likeness (QED) is 0.190. The van der Waals surface area contributed by atoms with Gasteiger partial charge in [-0.2, -0.15) is 18.2 Å². The average Bonchev–Trinajstić information content (AvgIpc) is 2.99. The van der Waals surface area contributed by atoms with Gasteiger partial charge in [0.25, 0.3) is 0 Å². The van der Waals surface area contributed by atoms with Crippen LogP contribution in [-0.4, -0.2) is 58.5 Å². The molecule has 1 aliphatic carbocycles.